The highest BCUT2D eigenvalue weighted by Crippen LogP contribution is 2.34. The minimum absolute atomic E-state index is 0.0186. The van der Waals surface area contributed by atoms with Crippen LogP contribution in [0.5, 0.6) is 0 Å². The number of nitrogens with one attached hydrogen (secondary N) is 1. The third kappa shape index (κ3) is 4.05. The van der Waals surface area contributed by atoms with Crippen LogP contribution >= 0.6 is 11.3 Å². The van der Waals surface area contributed by atoms with Crippen molar-refractivity contribution >= 4 is 34.0 Å². The molecule has 2 amide bonds. The fraction of sp³-hybridized carbons (Fsp3) is 0.273. The Labute approximate surface area is 173 Å². The molecule has 1 aliphatic rings. The first-order chi connectivity index (χ1) is 14.0. The Bertz CT molecular complexity index is 1040. The van der Waals surface area contributed by atoms with Crippen molar-refractivity contribution in [2.24, 2.45) is 0 Å². The van der Waals surface area contributed by atoms with E-state index in [1.54, 1.807) is 11.0 Å². The molecule has 0 saturated carbocycles. The number of hydrogen-bond acceptors (Lipinski definition) is 5. The van der Waals surface area contributed by atoms with Crippen LogP contribution in [0.4, 0.5) is 10.8 Å². The first-order valence-electron chi connectivity index (χ1n) is 9.65. The average Bonchev–Trinajstić information content (AvgIpc) is 3.35. The van der Waals surface area contributed by atoms with Gasteiger partial charge in [-0.3, -0.25) is 14.9 Å². The number of anilines is 2. The van der Waals surface area contributed by atoms with E-state index in [1.165, 1.54) is 16.9 Å². The van der Waals surface area contributed by atoms with Crippen molar-refractivity contribution in [3.63, 3.8) is 0 Å². The Balaban J connectivity index is 1.45. The molecule has 2 heterocycles. The summed E-state index contributed by atoms with van der Waals surface area (Å²) in [6.45, 7) is 4.58. The van der Waals surface area contributed by atoms with Crippen LogP contribution in [0.1, 0.15) is 45.8 Å². The smallest absolute Gasteiger partial charge is 0.257 e. The molecule has 1 aliphatic heterocycles. The first kappa shape index (κ1) is 19.3. The van der Waals surface area contributed by atoms with Crippen molar-refractivity contribution in [2.45, 2.75) is 32.6 Å². The van der Waals surface area contributed by atoms with Gasteiger partial charge in [-0.25, -0.2) is 0 Å². The number of hydrogen-bond donors (Lipinski definition) is 1. The lowest BCUT2D eigenvalue weighted by molar-refractivity contribution is -0.117. The van der Waals surface area contributed by atoms with Crippen LogP contribution in [0.25, 0.3) is 0 Å². The summed E-state index contributed by atoms with van der Waals surface area (Å²) in [6.07, 6.45) is 1.37. The number of carbonyl (C=O) groups excluding carboxylic acids is 2. The number of benzene rings is 2. The van der Waals surface area contributed by atoms with E-state index in [4.69, 9.17) is 0 Å². The van der Waals surface area contributed by atoms with Crippen LogP contribution in [0.15, 0.2) is 48.5 Å². The lowest BCUT2D eigenvalue weighted by atomic mass is 10.1. The number of aromatic nitrogens is 2. The van der Waals surface area contributed by atoms with Crippen molar-refractivity contribution in [2.75, 3.05) is 16.8 Å². The van der Waals surface area contributed by atoms with Gasteiger partial charge in [0.1, 0.15) is 5.01 Å². The van der Waals surface area contributed by atoms with Gasteiger partial charge in [0.05, 0.1) is 0 Å². The summed E-state index contributed by atoms with van der Waals surface area (Å²) in [4.78, 5) is 26.8. The molecule has 1 saturated heterocycles. The average molecular weight is 407 g/mol. The topological polar surface area (TPSA) is 75.2 Å². The van der Waals surface area contributed by atoms with Crippen LogP contribution in [-0.2, 0) is 11.2 Å². The van der Waals surface area contributed by atoms with Crippen molar-refractivity contribution in [3.8, 4) is 0 Å². The lowest BCUT2D eigenvalue weighted by Crippen LogP contribution is -2.24. The van der Waals surface area contributed by atoms with Gasteiger partial charge in [-0.15, -0.1) is 10.2 Å². The number of rotatable bonds is 5. The molecule has 0 spiro atoms. The minimum Gasteiger partial charge on any atom is -0.312 e. The minimum atomic E-state index is -0.203. The molecular formula is C22H22N4O2S. The highest BCUT2D eigenvalue weighted by molar-refractivity contribution is 7.15. The molecule has 7 heteroatoms. The molecule has 1 fully saturated rings. The van der Waals surface area contributed by atoms with E-state index >= 15 is 0 Å². The third-order valence-electron chi connectivity index (χ3n) is 5.18. The molecule has 1 aromatic heterocycles. The van der Waals surface area contributed by atoms with E-state index in [-0.39, 0.29) is 17.7 Å². The third-order valence-corrected chi connectivity index (χ3v) is 6.18. The lowest BCUT2D eigenvalue weighted by Gasteiger charge is -2.16. The van der Waals surface area contributed by atoms with Gasteiger partial charge in [-0.05, 0) is 42.7 Å². The number of nitrogens with zero attached hydrogens (tertiary/aromatic N) is 3. The zero-order chi connectivity index (χ0) is 20.4. The SMILES string of the molecule is CCc1ccc(N2C[C@H](c3nnc(NC(=O)c4ccccc4C)s3)CC2=O)cc1. The molecule has 148 valence electrons. The number of carbonyl (C=O) groups is 2. The van der Waals surface area contributed by atoms with Gasteiger partial charge in [0.25, 0.3) is 5.91 Å². The molecule has 4 rings (SSSR count). The fourth-order valence-electron chi connectivity index (χ4n) is 3.48. The van der Waals surface area contributed by atoms with Gasteiger partial charge in [0, 0.05) is 30.1 Å². The van der Waals surface area contributed by atoms with Gasteiger partial charge >= 0.3 is 0 Å². The monoisotopic (exact) mass is 406 g/mol. The molecule has 1 atom stereocenters. The zero-order valence-electron chi connectivity index (χ0n) is 16.4. The largest absolute Gasteiger partial charge is 0.312 e. The normalized spacial score (nSPS) is 16.3. The van der Waals surface area contributed by atoms with Gasteiger partial charge in [-0.2, -0.15) is 0 Å². The second-order valence-corrected chi connectivity index (χ2v) is 8.15. The molecule has 0 radical (unpaired) electrons. The van der Waals surface area contributed by atoms with Crippen LogP contribution < -0.4 is 10.2 Å². The molecule has 1 N–H and O–H groups in total. The summed E-state index contributed by atoms with van der Waals surface area (Å²) in [7, 11) is 0. The summed E-state index contributed by atoms with van der Waals surface area (Å²) in [5, 5.41) is 12.4. The van der Waals surface area contributed by atoms with Crippen LogP contribution in [0, 0.1) is 6.92 Å². The second-order valence-electron chi connectivity index (χ2n) is 7.14. The van der Waals surface area contributed by atoms with Crippen LogP contribution in [-0.4, -0.2) is 28.6 Å². The molecular weight excluding hydrogens is 384 g/mol. The molecule has 6 nitrogen and oxygen atoms in total. The van der Waals surface area contributed by atoms with Crippen molar-refractivity contribution < 1.29 is 9.59 Å². The van der Waals surface area contributed by atoms with Crippen molar-refractivity contribution in [3.05, 3.63) is 70.2 Å². The number of amides is 2. The molecule has 29 heavy (non-hydrogen) atoms. The van der Waals surface area contributed by atoms with Crippen molar-refractivity contribution in [1.82, 2.24) is 10.2 Å². The van der Waals surface area contributed by atoms with E-state index < -0.39 is 0 Å². The standard InChI is InChI=1S/C22H22N4O2S/c1-3-15-8-10-17(11-9-15)26-13-16(12-19(26)27)21-24-25-22(29-21)23-20(28)18-7-5-4-6-14(18)2/h4-11,16H,3,12-13H2,1-2H3,(H,23,25,28)/t16-/m1/s1. The maximum atomic E-state index is 12.5. The molecule has 0 bridgehead atoms. The highest BCUT2D eigenvalue weighted by Gasteiger charge is 2.34. The van der Waals surface area contributed by atoms with Gasteiger partial charge in [0.2, 0.25) is 11.0 Å². The van der Waals surface area contributed by atoms with E-state index in [2.05, 4.69) is 34.6 Å². The van der Waals surface area contributed by atoms with Gasteiger partial charge in [0.15, 0.2) is 0 Å². The Morgan fingerprint density at radius 2 is 1.93 bits per heavy atom. The molecule has 0 unspecified atom stereocenters. The van der Waals surface area contributed by atoms with E-state index in [0.29, 0.717) is 23.7 Å². The Hall–Kier alpha value is -3.06. The maximum absolute atomic E-state index is 12.5. The van der Waals surface area contributed by atoms with E-state index in [0.717, 1.165) is 22.7 Å². The summed E-state index contributed by atoms with van der Waals surface area (Å²) < 4.78 is 0. The Morgan fingerprint density at radius 3 is 2.66 bits per heavy atom. The zero-order valence-corrected chi connectivity index (χ0v) is 17.2. The maximum Gasteiger partial charge on any atom is 0.257 e. The highest BCUT2D eigenvalue weighted by atomic mass is 32.1. The van der Waals surface area contributed by atoms with Gasteiger partial charge in [-0.1, -0.05) is 48.6 Å². The predicted molar refractivity (Wildman–Crippen MR) is 115 cm³/mol. The molecule has 0 aliphatic carbocycles. The molecule has 2 aromatic carbocycles. The number of aryl methyl sites for hydroxylation is 2. The molecule has 3 aromatic rings. The first-order valence-corrected chi connectivity index (χ1v) is 10.5. The van der Waals surface area contributed by atoms with E-state index in [1.807, 2.05) is 37.3 Å². The predicted octanol–water partition coefficient (Wildman–Crippen LogP) is 4.18. The summed E-state index contributed by atoms with van der Waals surface area (Å²) in [6, 6.07) is 15.5. The summed E-state index contributed by atoms with van der Waals surface area (Å²) in [5.74, 6) is -0.138. The fourth-order valence-corrected chi connectivity index (χ4v) is 4.31. The summed E-state index contributed by atoms with van der Waals surface area (Å²) >= 11 is 1.33. The second kappa shape index (κ2) is 8.13. The summed E-state index contributed by atoms with van der Waals surface area (Å²) in [5.41, 5.74) is 3.67. The van der Waals surface area contributed by atoms with Crippen LogP contribution in [0.2, 0.25) is 0 Å². The Kier molecular flexibility index (Phi) is 5.40. The quantitative estimate of drug-likeness (QED) is 0.690. The van der Waals surface area contributed by atoms with Gasteiger partial charge < -0.3 is 4.90 Å². The Morgan fingerprint density at radius 1 is 1.17 bits per heavy atom. The van der Waals surface area contributed by atoms with Crippen molar-refractivity contribution in [1.29, 1.82) is 0 Å². The van der Waals surface area contributed by atoms with Crippen LogP contribution in [0.3, 0.4) is 0 Å². The van der Waals surface area contributed by atoms with E-state index in [9.17, 15) is 9.59 Å².